The van der Waals surface area contributed by atoms with Crippen molar-refractivity contribution in [2.24, 2.45) is 0 Å². The number of hydrazine groups is 1. The number of carbonyl (C=O) groups is 1. The van der Waals surface area contributed by atoms with E-state index in [2.05, 4.69) is 25.7 Å². The number of tetrazole rings is 1. The number of sulfonamides is 1. The molecule has 0 atom stereocenters. The molecule has 4 aromatic rings. The summed E-state index contributed by atoms with van der Waals surface area (Å²) in [5, 5.41) is 12.5. The lowest BCUT2D eigenvalue weighted by molar-refractivity contribution is 0.0945. The van der Waals surface area contributed by atoms with Gasteiger partial charge in [-0.1, -0.05) is 42.5 Å². The molecule has 4 rings (SSSR count). The van der Waals surface area contributed by atoms with E-state index in [1.165, 1.54) is 11.9 Å². The van der Waals surface area contributed by atoms with E-state index in [0.29, 0.717) is 29.2 Å². The van der Waals surface area contributed by atoms with Crippen molar-refractivity contribution in [3.63, 3.8) is 0 Å². The minimum absolute atomic E-state index is 0.0872. The molecular formula is C24H24N6O4S. The third-order valence-corrected chi connectivity index (χ3v) is 6.81. The molecule has 1 heterocycles. The second-order valence-corrected chi connectivity index (χ2v) is 9.48. The summed E-state index contributed by atoms with van der Waals surface area (Å²) in [5.74, 6) is 0.492. The summed E-state index contributed by atoms with van der Waals surface area (Å²) in [6.45, 7) is 3.69. The molecule has 0 saturated carbocycles. The number of hydrogen-bond acceptors (Lipinski definition) is 7. The van der Waals surface area contributed by atoms with Gasteiger partial charge in [0, 0.05) is 11.1 Å². The zero-order chi connectivity index (χ0) is 25.0. The lowest BCUT2D eigenvalue weighted by Gasteiger charge is -2.14. The van der Waals surface area contributed by atoms with Gasteiger partial charge in [0.05, 0.1) is 18.6 Å². The predicted molar refractivity (Wildman–Crippen MR) is 129 cm³/mol. The van der Waals surface area contributed by atoms with Gasteiger partial charge >= 0.3 is 0 Å². The number of nitrogens with zero attached hydrogens (tertiary/aromatic N) is 4. The van der Waals surface area contributed by atoms with Gasteiger partial charge in [-0.2, -0.15) is 4.80 Å². The van der Waals surface area contributed by atoms with Crippen molar-refractivity contribution in [3.05, 3.63) is 89.0 Å². The van der Waals surface area contributed by atoms with Crippen LogP contribution in [0.3, 0.4) is 0 Å². The highest BCUT2D eigenvalue weighted by Gasteiger charge is 2.21. The first-order valence-corrected chi connectivity index (χ1v) is 12.1. The molecule has 0 radical (unpaired) electrons. The number of nitrogens with one attached hydrogen (secondary N) is 2. The van der Waals surface area contributed by atoms with Crippen LogP contribution in [0.25, 0.3) is 11.4 Å². The maximum atomic E-state index is 12.8. The van der Waals surface area contributed by atoms with E-state index >= 15 is 0 Å². The number of benzene rings is 3. The molecule has 11 heteroatoms. The quantitative estimate of drug-likeness (QED) is 0.362. The van der Waals surface area contributed by atoms with Crippen molar-refractivity contribution < 1.29 is 17.9 Å². The summed E-state index contributed by atoms with van der Waals surface area (Å²) in [6.07, 6.45) is 0. The second-order valence-electron chi connectivity index (χ2n) is 7.86. The fraction of sp³-hybridized carbons (Fsp3) is 0.167. The van der Waals surface area contributed by atoms with Crippen molar-refractivity contribution in [3.8, 4) is 17.1 Å². The molecule has 0 aliphatic carbocycles. The van der Waals surface area contributed by atoms with E-state index in [-0.39, 0.29) is 10.5 Å². The Balaban J connectivity index is 1.39. The lowest BCUT2D eigenvalue weighted by Crippen LogP contribution is -2.42. The van der Waals surface area contributed by atoms with Crippen molar-refractivity contribution >= 4 is 15.9 Å². The number of carbonyl (C=O) groups excluding carboxylic acids is 1. The van der Waals surface area contributed by atoms with Gasteiger partial charge in [-0.05, 0) is 60.0 Å². The zero-order valence-electron chi connectivity index (χ0n) is 19.4. The van der Waals surface area contributed by atoms with E-state index in [1.807, 2.05) is 30.3 Å². The largest absolute Gasteiger partial charge is 0.497 e. The van der Waals surface area contributed by atoms with Crippen molar-refractivity contribution in [2.45, 2.75) is 25.3 Å². The van der Waals surface area contributed by atoms with Crippen LogP contribution < -0.4 is 15.0 Å². The minimum atomic E-state index is -3.98. The van der Waals surface area contributed by atoms with Crippen LogP contribution in [-0.2, 0) is 16.6 Å². The Morgan fingerprint density at radius 1 is 1.00 bits per heavy atom. The van der Waals surface area contributed by atoms with Crippen LogP contribution in [0.1, 0.15) is 27.0 Å². The molecule has 0 saturated heterocycles. The van der Waals surface area contributed by atoms with Crippen LogP contribution in [0.4, 0.5) is 0 Å². The highest BCUT2D eigenvalue weighted by molar-refractivity contribution is 7.89. The Morgan fingerprint density at radius 2 is 1.66 bits per heavy atom. The molecule has 10 nitrogen and oxygen atoms in total. The molecule has 1 amide bonds. The Kier molecular flexibility index (Phi) is 6.90. The number of amides is 1. The van der Waals surface area contributed by atoms with Crippen molar-refractivity contribution in [2.75, 3.05) is 7.11 Å². The van der Waals surface area contributed by atoms with Crippen LogP contribution in [0.2, 0.25) is 0 Å². The number of hydrogen-bond donors (Lipinski definition) is 2. The van der Waals surface area contributed by atoms with Crippen LogP contribution in [-0.4, -0.2) is 41.6 Å². The summed E-state index contributed by atoms with van der Waals surface area (Å²) >= 11 is 0. The topological polar surface area (TPSA) is 128 Å². The van der Waals surface area contributed by atoms with E-state index in [1.54, 1.807) is 50.2 Å². The number of methoxy groups -OCH3 is 1. The van der Waals surface area contributed by atoms with Gasteiger partial charge < -0.3 is 4.74 Å². The fourth-order valence-electron chi connectivity index (χ4n) is 3.63. The van der Waals surface area contributed by atoms with Gasteiger partial charge in [0.15, 0.2) is 0 Å². The molecule has 3 aromatic carbocycles. The molecule has 0 unspecified atom stereocenters. The molecule has 0 aliphatic heterocycles. The van der Waals surface area contributed by atoms with E-state index in [0.717, 1.165) is 11.1 Å². The van der Waals surface area contributed by atoms with Gasteiger partial charge in [-0.15, -0.1) is 15.0 Å². The Morgan fingerprint density at radius 3 is 2.29 bits per heavy atom. The smallest absolute Gasteiger partial charge is 0.266 e. The molecule has 0 fully saturated rings. The van der Waals surface area contributed by atoms with Crippen LogP contribution >= 0.6 is 0 Å². The van der Waals surface area contributed by atoms with Crippen molar-refractivity contribution in [1.82, 2.24) is 30.5 Å². The number of aromatic nitrogens is 4. The van der Waals surface area contributed by atoms with E-state index in [4.69, 9.17) is 4.74 Å². The van der Waals surface area contributed by atoms with Gasteiger partial charge in [-0.25, -0.2) is 8.42 Å². The highest BCUT2D eigenvalue weighted by Crippen LogP contribution is 2.25. The first kappa shape index (κ1) is 24.0. The number of rotatable bonds is 8. The van der Waals surface area contributed by atoms with Crippen molar-refractivity contribution in [1.29, 1.82) is 0 Å². The van der Waals surface area contributed by atoms with Gasteiger partial charge in [0.1, 0.15) is 5.75 Å². The Bertz CT molecular complexity index is 1430. The normalized spacial score (nSPS) is 11.3. The second kappa shape index (κ2) is 10.0. The third kappa shape index (κ3) is 5.53. The maximum Gasteiger partial charge on any atom is 0.266 e. The van der Waals surface area contributed by atoms with Crippen LogP contribution in [0.15, 0.2) is 71.6 Å². The molecule has 35 heavy (non-hydrogen) atoms. The van der Waals surface area contributed by atoms with Gasteiger partial charge in [0.2, 0.25) is 5.82 Å². The Labute approximate surface area is 203 Å². The summed E-state index contributed by atoms with van der Waals surface area (Å²) < 4.78 is 30.7. The lowest BCUT2D eigenvalue weighted by atomic mass is 10.1. The monoisotopic (exact) mass is 492 g/mol. The average Bonchev–Trinajstić information content (AvgIpc) is 3.31. The summed E-state index contributed by atoms with van der Waals surface area (Å²) in [4.78, 5) is 16.2. The van der Waals surface area contributed by atoms with Gasteiger partial charge in [0.25, 0.3) is 15.9 Å². The first-order chi connectivity index (χ1) is 16.8. The molecule has 0 aliphatic rings. The minimum Gasteiger partial charge on any atom is -0.497 e. The summed E-state index contributed by atoms with van der Waals surface area (Å²) in [5.41, 5.74) is 5.28. The van der Waals surface area contributed by atoms with Crippen LogP contribution in [0, 0.1) is 13.8 Å². The SMILES string of the molecule is COc1cc(C)c(S(=O)(=O)NNC(=O)c2ccc(Cn3nnc(-c4ccccc4)n3)cc2)c(C)c1. The molecule has 0 spiro atoms. The summed E-state index contributed by atoms with van der Waals surface area (Å²) in [6, 6.07) is 19.4. The summed E-state index contributed by atoms with van der Waals surface area (Å²) in [7, 11) is -2.47. The highest BCUT2D eigenvalue weighted by atomic mass is 32.2. The van der Waals surface area contributed by atoms with Gasteiger partial charge in [-0.3, -0.25) is 10.2 Å². The molecule has 180 valence electrons. The third-order valence-electron chi connectivity index (χ3n) is 5.26. The number of aryl methyl sites for hydroxylation is 2. The molecule has 1 aromatic heterocycles. The first-order valence-electron chi connectivity index (χ1n) is 10.7. The van der Waals surface area contributed by atoms with Crippen LogP contribution in [0.5, 0.6) is 5.75 Å². The zero-order valence-corrected chi connectivity index (χ0v) is 20.2. The molecule has 0 bridgehead atoms. The molecule has 2 N–H and O–H groups in total. The average molecular weight is 493 g/mol. The van der Waals surface area contributed by atoms with E-state index in [9.17, 15) is 13.2 Å². The Hall–Kier alpha value is -4.09. The standard InChI is InChI=1S/C24H24N6O4S/c1-16-13-21(34-3)14-17(2)22(16)35(32,33)29-26-24(31)20-11-9-18(10-12-20)15-30-27-23(25-28-30)19-7-5-4-6-8-19/h4-14,29H,15H2,1-3H3,(H,26,31). The molecular weight excluding hydrogens is 468 g/mol. The maximum absolute atomic E-state index is 12.8. The fourth-order valence-corrected chi connectivity index (χ4v) is 4.92. The number of ether oxygens (including phenoxy) is 1. The van der Waals surface area contributed by atoms with E-state index < -0.39 is 15.9 Å². The predicted octanol–water partition coefficient (Wildman–Crippen LogP) is 2.64.